The molecule has 21 heavy (non-hydrogen) atoms. The maximum atomic E-state index is 11.9. The Morgan fingerprint density at radius 3 is 2.52 bits per heavy atom. The normalized spacial score (nSPS) is 11.7. The van der Waals surface area contributed by atoms with Gasteiger partial charge in [-0.1, -0.05) is 37.3 Å². The Hall–Kier alpha value is -1.39. The number of aryl methyl sites for hydroxylation is 1. The van der Waals surface area contributed by atoms with Gasteiger partial charge in [-0.25, -0.2) is 0 Å². The number of carbonyl (C=O) groups excluding carboxylic acids is 1. The molecule has 0 atom stereocenters. The van der Waals surface area contributed by atoms with Crippen molar-refractivity contribution in [2.24, 2.45) is 0 Å². The Morgan fingerprint density at radius 2 is 1.95 bits per heavy atom. The monoisotopic (exact) mass is 292 g/mol. The van der Waals surface area contributed by atoms with Crippen molar-refractivity contribution in [2.75, 3.05) is 26.2 Å². The Balaban J connectivity index is 2.21. The van der Waals surface area contributed by atoms with E-state index in [0.29, 0.717) is 19.6 Å². The Labute approximate surface area is 128 Å². The van der Waals surface area contributed by atoms with Gasteiger partial charge < -0.3 is 10.4 Å². The molecule has 1 rings (SSSR count). The number of nitrogens with zero attached hydrogens (tertiary/aromatic N) is 1. The molecule has 0 saturated heterocycles. The molecule has 0 unspecified atom stereocenters. The second kappa shape index (κ2) is 8.80. The van der Waals surface area contributed by atoms with E-state index in [-0.39, 0.29) is 5.91 Å². The van der Waals surface area contributed by atoms with Crippen LogP contribution in [0.1, 0.15) is 32.8 Å². The molecule has 0 heterocycles. The topological polar surface area (TPSA) is 52.6 Å². The Bertz CT molecular complexity index is 413. The highest BCUT2D eigenvalue weighted by atomic mass is 16.3. The van der Waals surface area contributed by atoms with Gasteiger partial charge in [-0.3, -0.25) is 9.69 Å². The van der Waals surface area contributed by atoms with E-state index in [0.717, 1.165) is 19.4 Å². The summed E-state index contributed by atoms with van der Waals surface area (Å²) >= 11 is 0. The fourth-order valence-electron chi connectivity index (χ4n) is 2.25. The van der Waals surface area contributed by atoms with E-state index in [1.165, 1.54) is 5.56 Å². The number of amides is 1. The lowest BCUT2D eigenvalue weighted by molar-refractivity contribution is -0.122. The minimum Gasteiger partial charge on any atom is -0.389 e. The summed E-state index contributed by atoms with van der Waals surface area (Å²) < 4.78 is 0. The third-order valence-corrected chi connectivity index (χ3v) is 3.23. The molecule has 2 N–H and O–H groups in total. The largest absolute Gasteiger partial charge is 0.389 e. The smallest absolute Gasteiger partial charge is 0.234 e. The molecule has 1 aromatic carbocycles. The molecule has 1 amide bonds. The van der Waals surface area contributed by atoms with Gasteiger partial charge in [-0.15, -0.1) is 0 Å². The van der Waals surface area contributed by atoms with Gasteiger partial charge in [0, 0.05) is 13.1 Å². The second-order valence-corrected chi connectivity index (χ2v) is 6.05. The Morgan fingerprint density at radius 1 is 1.29 bits per heavy atom. The van der Waals surface area contributed by atoms with Crippen molar-refractivity contribution in [3.8, 4) is 0 Å². The zero-order chi connectivity index (χ0) is 15.7. The molecule has 0 bridgehead atoms. The molecule has 0 saturated carbocycles. The number of nitrogens with one attached hydrogen (secondary N) is 1. The number of likely N-dealkylation sites (N-methyl/N-ethyl adjacent to an activating group) is 1. The molecule has 0 aliphatic heterocycles. The van der Waals surface area contributed by atoms with Gasteiger partial charge >= 0.3 is 0 Å². The van der Waals surface area contributed by atoms with Crippen LogP contribution in [0.5, 0.6) is 0 Å². The Kier molecular flexibility index (Phi) is 7.40. The second-order valence-electron chi connectivity index (χ2n) is 6.05. The first-order valence-electron chi connectivity index (χ1n) is 7.66. The van der Waals surface area contributed by atoms with Gasteiger partial charge in [0.15, 0.2) is 0 Å². The summed E-state index contributed by atoms with van der Waals surface area (Å²) in [5.74, 6) is 0.0224. The van der Waals surface area contributed by atoms with Gasteiger partial charge in [0.2, 0.25) is 5.91 Å². The van der Waals surface area contributed by atoms with Crippen LogP contribution in [-0.4, -0.2) is 47.7 Å². The van der Waals surface area contributed by atoms with Crippen molar-refractivity contribution in [3.05, 3.63) is 35.9 Å². The summed E-state index contributed by atoms with van der Waals surface area (Å²) in [7, 11) is 0. The van der Waals surface area contributed by atoms with Crippen molar-refractivity contribution < 1.29 is 9.90 Å². The SMILES string of the molecule is CCN(CC(=O)NCCCc1ccccc1)CC(C)(C)O. The molecule has 0 spiro atoms. The predicted molar refractivity (Wildman–Crippen MR) is 86.2 cm³/mol. The summed E-state index contributed by atoms with van der Waals surface area (Å²) in [5, 5.41) is 12.7. The number of aliphatic hydroxyl groups is 1. The van der Waals surface area contributed by atoms with Crippen molar-refractivity contribution in [1.29, 1.82) is 0 Å². The molecular formula is C17H28N2O2. The van der Waals surface area contributed by atoms with Crippen LogP contribution >= 0.6 is 0 Å². The molecule has 0 aromatic heterocycles. The van der Waals surface area contributed by atoms with Crippen LogP contribution in [0.3, 0.4) is 0 Å². The summed E-state index contributed by atoms with van der Waals surface area (Å²) in [6, 6.07) is 10.3. The van der Waals surface area contributed by atoms with Crippen molar-refractivity contribution in [1.82, 2.24) is 10.2 Å². The highest BCUT2D eigenvalue weighted by molar-refractivity contribution is 5.77. The number of hydrogen-bond acceptors (Lipinski definition) is 3. The van der Waals surface area contributed by atoms with Gasteiger partial charge in [0.25, 0.3) is 0 Å². The lowest BCUT2D eigenvalue weighted by atomic mass is 10.1. The quantitative estimate of drug-likeness (QED) is 0.683. The lowest BCUT2D eigenvalue weighted by Gasteiger charge is -2.27. The fourth-order valence-corrected chi connectivity index (χ4v) is 2.25. The fraction of sp³-hybridized carbons (Fsp3) is 0.588. The van der Waals surface area contributed by atoms with Crippen LogP contribution in [0.15, 0.2) is 30.3 Å². The number of benzene rings is 1. The van der Waals surface area contributed by atoms with Crippen molar-refractivity contribution in [3.63, 3.8) is 0 Å². The minimum absolute atomic E-state index is 0.0224. The molecule has 0 radical (unpaired) electrons. The zero-order valence-corrected chi connectivity index (χ0v) is 13.4. The van der Waals surface area contributed by atoms with E-state index < -0.39 is 5.60 Å². The molecule has 1 aromatic rings. The van der Waals surface area contributed by atoms with Gasteiger partial charge in [0.1, 0.15) is 0 Å². The number of carbonyl (C=O) groups is 1. The number of rotatable bonds is 9. The van der Waals surface area contributed by atoms with Gasteiger partial charge in [-0.2, -0.15) is 0 Å². The van der Waals surface area contributed by atoms with Gasteiger partial charge in [0.05, 0.1) is 12.1 Å². The summed E-state index contributed by atoms with van der Waals surface area (Å²) in [4.78, 5) is 13.8. The first kappa shape index (κ1) is 17.7. The van der Waals surface area contributed by atoms with E-state index in [4.69, 9.17) is 0 Å². The third-order valence-electron chi connectivity index (χ3n) is 3.23. The van der Waals surface area contributed by atoms with E-state index in [1.54, 1.807) is 13.8 Å². The van der Waals surface area contributed by atoms with E-state index in [2.05, 4.69) is 17.4 Å². The van der Waals surface area contributed by atoms with Crippen molar-refractivity contribution in [2.45, 2.75) is 39.2 Å². The average molecular weight is 292 g/mol. The maximum absolute atomic E-state index is 11.9. The van der Waals surface area contributed by atoms with Crippen LogP contribution in [0.25, 0.3) is 0 Å². The third kappa shape index (κ3) is 8.48. The zero-order valence-electron chi connectivity index (χ0n) is 13.4. The summed E-state index contributed by atoms with van der Waals surface area (Å²) in [5.41, 5.74) is 0.521. The van der Waals surface area contributed by atoms with Crippen molar-refractivity contribution >= 4 is 5.91 Å². The predicted octanol–water partition coefficient (Wildman–Crippen LogP) is 1.83. The van der Waals surface area contributed by atoms with E-state index in [1.807, 2.05) is 30.0 Å². The lowest BCUT2D eigenvalue weighted by Crippen LogP contribution is -2.44. The van der Waals surface area contributed by atoms with Gasteiger partial charge in [-0.05, 0) is 38.8 Å². The molecular weight excluding hydrogens is 264 g/mol. The van der Waals surface area contributed by atoms with Crippen LogP contribution < -0.4 is 5.32 Å². The van der Waals surface area contributed by atoms with Crippen LogP contribution in [0.4, 0.5) is 0 Å². The molecule has 118 valence electrons. The first-order valence-corrected chi connectivity index (χ1v) is 7.66. The average Bonchev–Trinajstić information content (AvgIpc) is 2.42. The minimum atomic E-state index is -0.774. The highest BCUT2D eigenvalue weighted by Gasteiger charge is 2.18. The molecule has 4 heteroatoms. The van der Waals surface area contributed by atoms with Crippen LogP contribution in [-0.2, 0) is 11.2 Å². The summed E-state index contributed by atoms with van der Waals surface area (Å²) in [6.07, 6.45) is 1.91. The highest BCUT2D eigenvalue weighted by Crippen LogP contribution is 2.04. The maximum Gasteiger partial charge on any atom is 0.234 e. The molecule has 0 fully saturated rings. The van der Waals surface area contributed by atoms with E-state index in [9.17, 15) is 9.90 Å². The van der Waals surface area contributed by atoms with Crippen LogP contribution in [0, 0.1) is 0 Å². The standard InChI is InChI=1S/C17H28N2O2/c1-4-19(14-17(2,3)21)13-16(20)18-12-8-11-15-9-6-5-7-10-15/h5-7,9-10,21H,4,8,11-14H2,1-3H3,(H,18,20). The van der Waals surface area contributed by atoms with Crippen LogP contribution in [0.2, 0.25) is 0 Å². The summed E-state index contributed by atoms with van der Waals surface area (Å²) in [6.45, 7) is 7.79. The number of hydrogen-bond donors (Lipinski definition) is 2. The first-order chi connectivity index (χ1) is 9.90. The molecule has 0 aliphatic carbocycles. The molecule has 4 nitrogen and oxygen atoms in total. The van der Waals surface area contributed by atoms with E-state index >= 15 is 0 Å². The molecule has 0 aliphatic rings.